The van der Waals surface area contributed by atoms with Gasteiger partial charge in [0.2, 0.25) is 5.91 Å². The van der Waals surface area contributed by atoms with E-state index in [1.807, 2.05) is 45.0 Å². The van der Waals surface area contributed by atoms with Crippen LogP contribution in [0.3, 0.4) is 0 Å². The maximum Gasteiger partial charge on any atom is 0.322 e. The van der Waals surface area contributed by atoms with Crippen LogP contribution in [0.25, 0.3) is 0 Å². The van der Waals surface area contributed by atoms with Crippen LogP contribution in [0.15, 0.2) is 42.5 Å². The van der Waals surface area contributed by atoms with E-state index in [0.717, 1.165) is 18.4 Å². The molecule has 0 saturated carbocycles. The molecule has 1 heterocycles. The number of rotatable bonds is 5. The molecule has 1 aliphatic rings. The highest BCUT2D eigenvalue weighted by molar-refractivity contribution is 6.42. The number of piperidine rings is 1. The molecular formula is C25H31Cl2N3O3. The molecule has 0 aromatic heterocycles. The van der Waals surface area contributed by atoms with E-state index in [9.17, 15) is 14.7 Å². The molecule has 3 amide bonds. The molecule has 2 atom stereocenters. The van der Waals surface area contributed by atoms with E-state index < -0.39 is 11.5 Å². The van der Waals surface area contributed by atoms with Crippen molar-refractivity contribution >= 4 is 40.8 Å². The number of nitrogens with one attached hydrogen (secondary N) is 2. The summed E-state index contributed by atoms with van der Waals surface area (Å²) in [5.41, 5.74) is 1.78. The van der Waals surface area contributed by atoms with Crippen molar-refractivity contribution < 1.29 is 14.7 Å². The predicted molar refractivity (Wildman–Crippen MR) is 133 cm³/mol. The number of halogens is 2. The summed E-state index contributed by atoms with van der Waals surface area (Å²) in [7, 11) is 0. The molecule has 0 radical (unpaired) electrons. The van der Waals surface area contributed by atoms with Crippen LogP contribution in [0.4, 0.5) is 10.5 Å². The minimum absolute atomic E-state index is 0.0171. The van der Waals surface area contributed by atoms with Gasteiger partial charge < -0.3 is 20.6 Å². The normalized spacial score (nSPS) is 17.4. The fourth-order valence-electron chi connectivity index (χ4n) is 3.80. The van der Waals surface area contributed by atoms with Crippen LogP contribution >= 0.6 is 23.2 Å². The fraction of sp³-hybridized carbons (Fsp3) is 0.440. The molecule has 1 fully saturated rings. The minimum atomic E-state index is -0.861. The van der Waals surface area contributed by atoms with E-state index in [1.54, 1.807) is 23.1 Å². The maximum absolute atomic E-state index is 13.0. The molecule has 8 heteroatoms. The van der Waals surface area contributed by atoms with Crippen molar-refractivity contribution in [2.45, 2.75) is 58.7 Å². The number of hydrogen-bond donors (Lipinski definition) is 3. The zero-order valence-corrected chi connectivity index (χ0v) is 20.7. The average molecular weight is 492 g/mol. The topological polar surface area (TPSA) is 81.7 Å². The molecule has 6 nitrogen and oxygen atoms in total. The molecule has 1 saturated heterocycles. The summed E-state index contributed by atoms with van der Waals surface area (Å²) < 4.78 is 0. The van der Waals surface area contributed by atoms with Gasteiger partial charge in [-0.2, -0.15) is 0 Å². The highest BCUT2D eigenvalue weighted by Crippen LogP contribution is 2.32. The number of hydrogen-bond acceptors (Lipinski definition) is 3. The lowest BCUT2D eigenvalue weighted by Gasteiger charge is -2.38. The Morgan fingerprint density at radius 2 is 1.79 bits per heavy atom. The van der Waals surface area contributed by atoms with Gasteiger partial charge in [0.15, 0.2) is 0 Å². The minimum Gasteiger partial charge on any atom is -0.386 e. The number of carbonyl (C=O) groups excluding carboxylic acids is 2. The van der Waals surface area contributed by atoms with E-state index in [1.165, 1.54) is 0 Å². The zero-order chi connectivity index (χ0) is 24.2. The average Bonchev–Trinajstić information content (AvgIpc) is 2.79. The second kappa shape index (κ2) is 10.8. The number of aliphatic hydroxyl groups excluding tert-OH is 1. The Labute approximate surface area is 205 Å². The highest BCUT2D eigenvalue weighted by Gasteiger charge is 2.33. The number of urea groups is 1. The molecule has 2 unspecified atom stereocenters. The van der Waals surface area contributed by atoms with E-state index in [4.69, 9.17) is 23.2 Å². The van der Waals surface area contributed by atoms with Gasteiger partial charge in [-0.1, -0.05) is 62.2 Å². The summed E-state index contributed by atoms with van der Waals surface area (Å²) in [6.45, 7) is 6.59. The van der Waals surface area contributed by atoms with Crippen molar-refractivity contribution in [2.75, 3.05) is 11.9 Å². The molecule has 2 aromatic carbocycles. The first-order valence-electron chi connectivity index (χ1n) is 11.1. The quantitative estimate of drug-likeness (QED) is 0.495. The van der Waals surface area contributed by atoms with Crippen LogP contribution in [-0.4, -0.2) is 34.5 Å². The van der Waals surface area contributed by atoms with Crippen molar-refractivity contribution in [1.29, 1.82) is 0 Å². The van der Waals surface area contributed by atoms with Crippen molar-refractivity contribution in [3.8, 4) is 0 Å². The van der Waals surface area contributed by atoms with Crippen LogP contribution < -0.4 is 10.6 Å². The molecule has 0 bridgehead atoms. The van der Waals surface area contributed by atoms with Crippen molar-refractivity contribution in [2.24, 2.45) is 5.41 Å². The summed E-state index contributed by atoms with van der Waals surface area (Å²) in [6, 6.07) is 11.8. The summed E-state index contributed by atoms with van der Waals surface area (Å²) in [4.78, 5) is 26.8. The zero-order valence-electron chi connectivity index (χ0n) is 19.2. The third kappa shape index (κ3) is 6.62. The van der Waals surface area contributed by atoms with Crippen molar-refractivity contribution in [1.82, 2.24) is 10.2 Å². The van der Waals surface area contributed by atoms with Crippen LogP contribution in [0.5, 0.6) is 0 Å². The first kappa shape index (κ1) is 25.3. The third-order valence-corrected chi connectivity index (χ3v) is 6.54. The van der Waals surface area contributed by atoms with Crippen LogP contribution in [-0.2, 0) is 11.3 Å². The lowest BCUT2D eigenvalue weighted by atomic mass is 9.93. The third-order valence-electron chi connectivity index (χ3n) is 5.80. The summed E-state index contributed by atoms with van der Waals surface area (Å²) in [5, 5.41) is 17.6. The summed E-state index contributed by atoms with van der Waals surface area (Å²) in [6.07, 6.45) is 1.65. The second-order valence-electron chi connectivity index (χ2n) is 9.43. The van der Waals surface area contributed by atoms with Gasteiger partial charge in [-0.15, -0.1) is 0 Å². The molecule has 2 aromatic rings. The summed E-state index contributed by atoms with van der Waals surface area (Å²) >= 11 is 12.1. The lowest BCUT2D eigenvalue weighted by molar-refractivity contribution is -0.128. The molecular weight excluding hydrogens is 461 g/mol. The predicted octanol–water partition coefficient (Wildman–Crippen LogP) is 5.78. The van der Waals surface area contributed by atoms with Crippen molar-refractivity contribution in [3.05, 3.63) is 63.6 Å². The molecule has 0 aliphatic carbocycles. The van der Waals surface area contributed by atoms with Gasteiger partial charge in [0, 0.05) is 24.2 Å². The number of benzene rings is 2. The van der Waals surface area contributed by atoms with E-state index >= 15 is 0 Å². The Bertz CT molecular complexity index is 989. The summed E-state index contributed by atoms with van der Waals surface area (Å²) in [5.74, 6) is -0.0171. The number of amides is 3. The molecule has 33 heavy (non-hydrogen) atoms. The fourth-order valence-corrected chi connectivity index (χ4v) is 4.11. The maximum atomic E-state index is 13.0. The molecule has 0 spiro atoms. The molecule has 178 valence electrons. The van der Waals surface area contributed by atoms with Gasteiger partial charge in [-0.3, -0.25) is 4.79 Å². The Morgan fingerprint density at radius 1 is 1.09 bits per heavy atom. The molecule has 1 aliphatic heterocycles. The highest BCUT2D eigenvalue weighted by atomic mass is 35.5. The lowest BCUT2D eigenvalue weighted by Crippen LogP contribution is -2.48. The number of anilines is 1. The Kier molecular flexibility index (Phi) is 8.27. The van der Waals surface area contributed by atoms with Crippen LogP contribution in [0.2, 0.25) is 10.0 Å². The standard InChI is InChI=1S/C25H31Cl2N3O3/c1-25(2,3)23(32)28-15-16-7-10-18(11-8-16)29-24(33)30-13-5-4-6-21(30)22(31)17-9-12-19(26)20(27)14-17/h7-12,14,21-22,31H,4-6,13,15H2,1-3H3,(H,28,32)(H,29,33). The van der Waals surface area contributed by atoms with Gasteiger partial charge in [0.05, 0.1) is 22.2 Å². The smallest absolute Gasteiger partial charge is 0.322 e. The first-order valence-corrected chi connectivity index (χ1v) is 11.9. The van der Waals surface area contributed by atoms with E-state index in [-0.39, 0.29) is 18.0 Å². The van der Waals surface area contributed by atoms with E-state index in [0.29, 0.717) is 40.8 Å². The van der Waals surface area contributed by atoms with Crippen LogP contribution in [0.1, 0.15) is 57.3 Å². The van der Waals surface area contributed by atoms with Gasteiger partial charge >= 0.3 is 6.03 Å². The SMILES string of the molecule is CC(C)(C)C(=O)NCc1ccc(NC(=O)N2CCCCC2C(O)c2ccc(Cl)c(Cl)c2)cc1. The first-order chi connectivity index (χ1) is 15.6. The van der Waals surface area contributed by atoms with Crippen molar-refractivity contribution in [3.63, 3.8) is 0 Å². The largest absolute Gasteiger partial charge is 0.386 e. The van der Waals surface area contributed by atoms with Gasteiger partial charge in [0.1, 0.15) is 0 Å². The Balaban J connectivity index is 1.64. The van der Waals surface area contributed by atoms with Crippen LogP contribution in [0, 0.1) is 5.41 Å². The Morgan fingerprint density at radius 3 is 2.42 bits per heavy atom. The number of aliphatic hydroxyl groups is 1. The molecule has 3 N–H and O–H groups in total. The van der Waals surface area contributed by atoms with E-state index in [2.05, 4.69) is 10.6 Å². The monoisotopic (exact) mass is 491 g/mol. The van der Waals surface area contributed by atoms with Gasteiger partial charge in [-0.25, -0.2) is 4.79 Å². The Hall–Kier alpha value is -2.28. The number of likely N-dealkylation sites (tertiary alicyclic amines) is 1. The molecule has 3 rings (SSSR count). The number of carbonyl (C=O) groups is 2. The van der Waals surface area contributed by atoms with Gasteiger partial charge in [0.25, 0.3) is 0 Å². The number of nitrogens with zero attached hydrogens (tertiary/aromatic N) is 1. The van der Waals surface area contributed by atoms with Gasteiger partial charge in [-0.05, 0) is 54.7 Å². The second-order valence-corrected chi connectivity index (χ2v) is 10.2.